The van der Waals surface area contributed by atoms with Crippen molar-refractivity contribution in [3.8, 4) is 0 Å². The number of aromatic nitrogens is 2. The Morgan fingerprint density at radius 2 is 2.00 bits per heavy atom. The molecule has 1 saturated heterocycles. The van der Waals surface area contributed by atoms with Crippen LogP contribution in [0.3, 0.4) is 0 Å². The third-order valence-corrected chi connectivity index (χ3v) is 6.18. The highest BCUT2D eigenvalue weighted by Crippen LogP contribution is 2.27. The maximum atomic E-state index is 12.3. The molecule has 0 saturated carbocycles. The number of nitrogens with one attached hydrogen (secondary N) is 1. The van der Waals surface area contributed by atoms with E-state index in [2.05, 4.69) is 34.0 Å². The number of nitrogens with zero attached hydrogens (tertiary/aromatic N) is 3. The normalized spacial score (nSPS) is 19.7. The molecule has 0 radical (unpaired) electrons. The first kappa shape index (κ1) is 20.0. The summed E-state index contributed by atoms with van der Waals surface area (Å²) >= 11 is 3.10. The van der Waals surface area contributed by atoms with E-state index in [-0.39, 0.29) is 5.91 Å². The second-order valence-corrected chi connectivity index (χ2v) is 9.01. The van der Waals surface area contributed by atoms with Gasteiger partial charge in [0, 0.05) is 29.7 Å². The highest BCUT2D eigenvalue weighted by molar-refractivity contribution is 8.00. The zero-order valence-corrected chi connectivity index (χ0v) is 17.6. The van der Waals surface area contributed by atoms with Gasteiger partial charge in [-0.1, -0.05) is 31.7 Å². The zero-order valence-electron chi connectivity index (χ0n) is 16.0. The zero-order chi connectivity index (χ0) is 19.2. The van der Waals surface area contributed by atoms with Crippen molar-refractivity contribution in [3.05, 3.63) is 36.7 Å². The lowest BCUT2D eigenvalue weighted by Crippen LogP contribution is -2.39. The standard InChI is InChI=1S/C20H26N4OS2/c1-14-7-15(2)11-24(10-14)18-9-20(22-13-21-18)27-12-19(25)23-16-5-4-6-17(8-16)26-3/h4-6,8-9,13-15H,7,10-12H2,1-3H3,(H,23,25)/t14-,15-/m0/s1. The Morgan fingerprint density at radius 1 is 1.22 bits per heavy atom. The van der Waals surface area contributed by atoms with Crippen LogP contribution in [-0.4, -0.2) is 41.0 Å². The highest BCUT2D eigenvalue weighted by atomic mass is 32.2. The van der Waals surface area contributed by atoms with Crippen LogP contribution >= 0.6 is 23.5 Å². The number of piperidine rings is 1. The largest absolute Gasteiger partial charge is 0.356 e. The molecule has 3 rings (SSSR count). The van der Waals surface area contributed by atoms with Crippen molar-refractivity contribution in [3.63, 3.8) is 0 Å². The Labute approximate surface area is 169 Å². The number of carbonyl (C=O) groups is 1. The lowest BCUT2D eigenvalue weighted by Gasteiger charge is -2.35. The van der Waals surface area contributed by atoms with Crippen LogP contribution in [-0.2, 0) is 4.79 Å². The van der Waals surface area contributed by atoms with E-state index in [0.717, 1.165) is 34.5 Å². The van der Waals surface area contributed by atoms with E-state index in [1.165, 1.54) is 18.2 Å². The fourth-order valence-corrected chi connectivity index (χ4v) is 4.59. The van der Waals surface area contributed by atoms with Crippen molar-refractivity contribution in [2.45, 2.75) is 30.2 Å². The van der Waals surface area contributed by atoms with E-state index in [4.69, 9.17) is 0 Å². The highest BCUT2D eigenvalue weighted by Gasteiger charge is 2.23. The summed E-state index contributed by atoms with van der Waals surface area (Å²) < 4.78 is 0. The van der Waals surface area contributed by atoms with Crippen LogP contribution in [0.2, 0.25) is 0 Å². The summed E-state index contributed by atoms with van der Waals surface area (Å²) in [7, 11) is 0. The number of amides is 1. The molecule has 1 aliphatic heterocycles. The molecule has 7 heteroatoms. The number of thioether (sulfide) groups is 2. The van der Waals surface area contributed by atoms with Crippen LogP contribution in [0.5, 0.6) is 0 Å². The Balaban J connectivity index is 1.57. The first-order chi connectivity index (χ1) is 13.0. The molecule has 1 N–H and O–H groups in total. The molecule has 0 aliphatic carbocycles. The van der Waals surface area contributed by atoms with Gasteiger partial charge >= 0.3 is 0 Å². The Bertz CT molecular complexity index is 776. The van der Waals surface area contributed by atoms with Gasteiger partial charge in [-0.3, -0.25) is 4.79 Å². The van der Waals surface area contributed by atoms with Gasteiger partial charge in [0.05, 0.1) is 5.75 Å². The second kappa shape index (κ2) is 9.46. The molecule has 1 amide bonds. The van der Waals surface area contributed by atoms with Gasteiger partial charge in [-0.2, -0.15) is 0 Å². The molecule has 2 aromatic rings. The minimum Gasteiger partial charge on any atom is -0.356 e. The van der Waals surface area contributed by atoms with E-state index in [1.54, 1.807) is 18.1 Å². The summed E-state index contributed by atoms with van der Waals surface area (Å²) in [6.45, 7) is 6.63. The molecule has 2 atom stereocenters. The predicted octanol–water partition coefficient (Wildman–Crippen LogP) is 4.41. The van der Waals surface area contributed by atoms with Crippen LogP contribution in [0.15, 0.2) is 46.6 Å². The lowest BCUT2D eigenvalue weighted by atomic mass is 9.92. The van der Waals surface area contributed by atoms with Crippen molar-refractivity contribution in [1.82, 2.24) is 9.97 Å². The molecule has 27 heavy (non-hydrogen) atoms. The van der Waals surface area contributed by atoms with Gasteiger partial charge in [-0.15, -0.1) is 11.8 Å². The van der Waals surface area contributed by atoms with Crippen LogP contribution in [0.4, 0.5) is 11.5 Å². The first-order valence-electron chi connectivity index (χ1n) is 9.17. The van der Waals surface area contributed by atoms with Gasteiger partial charge in [-0.05, 0) is 42.7 Å². The van der Waals surface area contributed by atoms with Gasteiger partial charge < -0.3 is 10.2 Å². The van der Waals surface area contributed by atoms with E-state index in [9.17, 15) is 4.79 Å². The quantitative estimate of drug-likeness (QED) is 0.570. The average Bonchev–Trinajstić information content (AvgIpc) is 2.66. The molecule has 1 aliphatic rings. The molecule has 2 heterocycles. The minimum atomic E-state index is -0.0290. The third kappa shape index (κ3) is 5.87. The molecule has 0 spiro atoms. The van der Waals surface area contributed by atoms with Gasteiger partial charge in [0.1, 0.15) is 17.2 Å². The molecule has 1 fully saturated rings. The van der Waals surface area contributed by atoms with Crippen molar-refractivity contribution >= 4 is 40.9 Å². The summed E-state index contributed by atoms with van der Waals surface area (Å²) in [6, 6.07) is 9.86. The number of carbonyl (C=O) groups excluding carboxylic acids is 1. The summed E-state index contributed by atoms with van der Waals surface area (Å²) in [5, 5.41) is 3.78. The average molecular weight is 403 g/mol. The molecular weight excluding hydrogens is 376 g/mol. The molecule has 144 valence electrons. The van der Waals surface area contributed by atoms with Crippen molar-refractivity contribution in [2.24, 2.45) is 11.8 Å². The fraction of sp³-hybridized carbons (Fsp3) is 0.450. The maximum absolute atomic E-state index is 12.3. The smallest absolute Gasteiger partial charge is 0.234 e. The molecule has 1 aromatic carbocycles. The molecule has 0 unspecified atom stereocenters. The predicted molar refractivity (Wildman–Crippen MR) is 115 cm³/mol. The minimum absolute atomic E-state index is 0.0290. The Hall–Kier alpha value is -1.73. The first-order valence-corrected chi connectivity index (χ1v) is 11.4. The number of hydrogen-bond donors (Lipinski definition) is 1. The SMILES string of the molecule is CSc1cccc(NC(=O)CSc2cc(N3C[C@@H](C)C[C@H](C)C3)ncn2)c1. The van der Waals surface area contributed by atoms with Crippen LogP contribution in [0, 0.1) is 11.8 Å². The van der Waals surface area contributed by atoms with E-state index < -0.39 is 0 Å². The van der Waals surface area contributed by atoms with E-state index in [1.807, 2.05) is 36.6 Å². The number of anilines is 2. The topological polar surface area (TPSA) is 58.1 Å². The number of hydrogen-bond acceptors (Lipinski definition) is 6. The van der Waals surface area contributed by atoms with Gasteiger partial charge in [-0.25, -0.2) is 9.97 Å². The molecular formula is C20H26N4OS2. The molecule has 5 nitrogen and oxygen atoms in total. The van der Waals surface area contributed by atoms with Gasteiger partial charge in [0.2, 0.25) is 5.91 Å². The second-order valence-electron chi connectivity index (χ2n) is 7.13. The Morgan fingerprint density at radius 3 is 2.74 bits per heavy atom. The molecule has 1 aromatic heterocycles. The fourth-order valence-electron chi connectivity index (χ4n) is 3.47. The van der Waals surface area contributed by atoms with Gasteiger partial charge in [0.15, 0.2) is 0 Å². The molecule has 0 bridgehead atoms. The van der Waals surface area contributed by atoms with E-state index >= 15 is 0 Å². The third-order valence-electron chi connectivity index (χ3n) is 4.53. The summed E-state index contributed by atoms with van der Waals surface area (Å²) in [4.78, 5) is 24.5. The van der Waals surface area contributed by atoms with E-state index in [0.29, 0.717) is 17.6 Å². The van der Waals surface area contributed by atoms with Crippen molar-refractivity contribution < 1.29 is 4.79 Å². The van der Waals surface area contributed by atoms with Crippen molar-refractivity contribution in [2.75, 3.05) is 35.3 Å². The monoisotopic (exact) mass is 402 g/mol. The van der Waals surface area contributed by atoms with Crippen LogP contribution in [0.25, 0.3) is 0 Å². The van der Waals surface area contributed by atoms with Crippen LogP contribution < -0.4 is 10.2 Å². The van der Waals surface area contributed by atoms with Gasteiger partial charge in [0.25, 0.3) is 0 Å². The summed E-state index contributed by atoms with van der Waals surface area (Å²) in [5.74, 6) is 2.59. The maximum Gasteiger partial charge on any atom is 0.234 e. The van der Waals surface area contributed by atoms with Crippen LogP contribution in [0.1, 0.15) is 20.3 Å². The van der Waals surface area contributed by atoms with Crippen molar-refractivity contribution in [1.29, 1.82) is 0 Å². The Kier molecular flexibility index (Phi) is 7.01. The summed E-state index contributed by atoms with van der Waals surface area (Å²) in [6.07, 6.45) is 4.88. The summed E-state index contributed by atoms with van der Waals surface area (Å²) in [5.41, 5.74) is 0.826. The number of rotatable bonds is 6. The lowest BCUT2D eigenvalue weighted by molar-refractivity contribution is -0.113. The number of benzene rings is 1.